The zero-order chi connectivity index (χ0) is 16.2. The molecule has 23 heavy (non-hydrogen) atoms. The van der Waals surface area contributed by atoms with Crippen LogP contribution in [0.2, 0.25) is 0 Å². The van der Waals surface area contributed by atoms with Crippen LogP contribution < -0.4 is 5.56 Å². The molecule has 0 fully saturated rings. The summed E-state index contributed by atoms with van der Waals surface area (Å²) >= 11 is 1.57. The van der Waals surface area contributed by atoms with Crippen LogP contribution in [-0.2, 0) is 12.8 Å². The summed E-state index contributed by atoms with van der Waals surface area (Å²) in [5.41, 5.74) is 1.59. The maximum atomic E-state index is 12.3. The summed E-state index contributed by atoms with van der Waals surface area (Å²) in [5, 5.41) is 10.8. The number of thioether (sulfide) groups is 1. The van der Waals surface area contributed by atoms with E-state index in [1.165, 1.54) is 0 Å². The third-order valence-corrected chi connectivity index (χ3v) is 4.78. The van der Waals surface area contributed by atoms with Crippen molar-refractivity contribution in [2.24, 2.45) is 7.05 Å². The second-order valence-electron chi connectivity index (χ2n) is 5.35. The van der Waals surface area contributed by atoms with Gasteiger partial charge in [-0.2, -0.15) is 11.8 Å². The highest BCUT2D eigenvalue weighted by atomic mass is 32.2. The van der Waals surface area contributed by atoms with E-state index in [0.717, 1.165) is 16.9 Å². The molecule has 0 aliphatic heterocycles. The number of hydrogen-bond donors (Lipinski definition) is 1. The normalized spacial score (nSPS) is 12.4. The Hall–Kier alpha value is -2.11. The van der Waals surface area contributed by atoms with E-state index >= 15 is 0 Å². The Morgan fingerprint density at radius 2 is 1.83 bits per heavy atom. The van der Waals surface area contributed by atoms with Crippen LogP contribution in [0.4, 0.5) is 0 Å². The fourth-order valence-electron chi connectivity index (χ4n) is 2.43. The minimum atomic E-state index is -0.515. The lowest BCUT2D eigenvalue weighted by molar-refractivity contribution is 0.204. The molecule has 2 aromatic carbocycles. The molecule has 3 aromatic rings. The lowest BCUT2D eigenvalue weighted by Gasteiger charge is -2.12. The minimum Gasteiger partial charge on any atom is -0.388 e. The number of para-hydroxylation sites is 1. The molecule has 0 spiro atoms. The maximum Gasteiger partial charge on any atom is 0.261 e. The van der Waals surface area contributed by atoms with Gasteiger partial charge in [-0.05, 0) is 17.7 Å². The lowest BCUT2D eigenvalue weighted by Crippen LogP contribution is -2.22. The van der Waals surface area contributed by atoms with Crippen LogP contribution >= 0.6 is 11.8 Å². The number of fused-ring (bicyclic) bond motifs is 1. The number of benzene rings is 2. The highest BCUT2D eigenvalue weighted by Gasteiger charge is 2.10. The Morgan fingerprint density at radius 1 is 1.13 bits per heavy atom. The summed E-state index contributed by atoms with van der Waals surface area (Å²) in [4.78, 5) is 16.9. The Bertz CT molecular complexity index is 862. The van der Waals surface area contributed by atoms with Crippen molar-refractivity contribution < 1.29 is 5.11 Å². The Balaban J connectivity index is 1.72. The van der Waals surface area contributed by atoms with E-state index < -0.39 is 6.10 Å². The number of aliphatic hydroxyl groups is 1. The quantitative estimate of drug-likeness (QED) is 0.783. The molecule has 5 heteroatoms. The van der Waals surface area contributed by atoms with Gasteiger partial charge >= 0.3 is 0 Å². The zero-order valence-corrected chi connectivity index (χ0v) is 13.7. The van der Waals surface area contributed by atoms with Gasteiger partial charge in [0.1, 0.15) is 5.82 Å². The summed E-state index contributed by atoms with van der Waals surface area (Å²) in [7, 11) is 1.74. The summed E-state index contributed by atoms with van der Waals surface area (Å²) in [6, 6.07) is 16.9. The van der Waals surface area contributed by atoms with Crippen molar-refractivity contribution in [2.45, 2.75) is 11.9 Å². The average molecular weight is 326 g/mol. The molecule has 1 N–H and O–H groups in total. The molecule has 3 rings (SSSR count). The zero-order valence-electron chi connectivity index (χ0n) is 12.8. The molecule has 1 atom stereocenters. The first-order valence-electron chi connectivity index (χ1n) is 7.42. The Morgan fingerprint density at radius 3 is 2.61 bits per heavy atom. The van der Waals surface area contributed by atoms with Crippen molar-refractivity contribution in [1.82, 2.24) is 9.55 Å². The van der Waals surface area contributed by atoms with Crippen molar-refractivity contribution in [3.8, 4) is 0 Å². The molecule has 4 nitrogen and oxygen atoms in total. The number of aliphatic hydroxyl groups excluding tert-OH is 1. The fourth-order valence-corrected chi connectivity index (χ4v) is 3.40. The van der Waals surface area contributed by atoms with Gasteiger partial charge in [0.2, 0.25) is 0 Å². The minimum absolute atomic E-state index is 0.0326. The summed E-state index contributed by atoms with van der Waals surface area (Å²) < 4.78 is 1.59. The molecule has 1 aromatic heterocycles. The highest BCUT2D eigenvalue weighted by Crippen LogP contribution is 2.20. The van der Waals surface area contributed by atoms with Crippen LogP contribution in [0.5, 0.6) is 0 Å². The van der Waals surface area contributed by atoms with E-state index in [0.29, 0.717) is 16.9 Å². The summed E-state index contributed by atoms with van der Waals surface area (Å²) in [5.74, 6) is 1.87. The van der Waals surface area contributed by atoms with Gasteiger partial charge in [-0.1, -0.05) is 42.5 Å². The molecule has 0 saturated heterocycles. The number of hydrogen-bond acceptors (Lipinski definition) is 4. The van der Waals surface area contributed by atoms with Crippen LogP contribution in [0.1, 0.15) is 17.5 Å². The summed E-state index contributed by atoms with van der Waals surface area (Å²) in [6.45, 7) is 0. The third kappa shape index (κ3) is 3.46. The second-order valence-corrected chi connectivity index (χ2v) is 6.38. The maximum absolute atomic E-state index is 12.3. The summed E-state index contributed by atoms with van der Waals surface area (Å²) in [6.07, 6.45) is -0.515. The second kappa shape index (κ2) is 6.98. The highest BCUT2D eigenvalue weighted by molar-refractivity contribution is 7.98. The molecule has 118 valence electrons. The molecule has 0 bridgehead atoms. The van der Waals surface area contributed by atoms with E-state index in [-0.39, 0.29) is 5.56 Å². The van der Waals surface area contributed by atoms with Gasteiger partial charge in [-0.3, -0.25) is 9.36 Å². The van der Waals surface area contributed by atoms with Crippen molar-refractivity contribution in [2.75, 3.05) is 5.75 Å². The van der Waals surface area contributed by atoms with Gasteiger partial charge in [0.05, 0.1) is 22.8 Å². The number of nitrogens with zero attached hydrogens (tertiary/aromatic N) is 2. The topological polar surface area (TPSA) is 55.1 Å². The van der Waals surface area contributed by atoms with Crippen LogP contribution in [0.3, 0.4) is 0 Å². The van der Waals surface area contributed by atoms with Crippen LogP contribution in [0.25, 0.3) is 10.9 Å². The van der Waals surface area contributed by atoms with E-state index in [4.69, 9.17) is 0 Å². The molecular weight excluding hydrogens is 308 g/mol. The van der Waals surface area contributed by atoms with Crippen LogP contribution in [0, 0.1) is 0 Å². The van der Waals surface area contributed by atoms with Gasteiger partial charge in [0.15, 0.2) is 0 Å². The van der Waals surface area contributed by atoms with Gasteiger partial charge in [-0.25, -0.2) is 4.98 Å². The smallest absolute Gasteiger partial charge is 0.261 e. The molecule has 0 amide bonds. The first kappa shape index (κ1) is 15.8. The first-order chi connectivity index (χ1) is 11.2. The lowest BCUT2D eigenvalue weighted by atomic mass is 10.1. The predicted octanol–water partition coefficient (Wildman–Crippen LogP) is 2.90. The predicted molar refractivity (Wildman–Crippen MR) is 94.5 cm³/mol. The molecule has 1 heterocycles. The molecule has 0 saturated carbocycles. The molecular formula is C18H18N2O2S. The Labute approximate surface area is 138 Å². The van der Waals surface area contributed by atoms with E-state index in [1.807, 2.05) is 48.5 Å². The van der Waals surface area contributed by atoms with Gasteiger partial charge in [-0.15, -0.1) is 0 Å². The number of aromatic nitrogens is 2. The van der Waals surface area contributed by atoms with E-state index in [1.54, 1.807) is 29.4 Å². The average Bonchev–Trinajstić information content (AvgIpc) is 2.60. The standard InChI is InChI=1S/C18H18N2O2S/c1-20-17(19-15-10-6-5-9-14(15)18(20)22)12-23-11-16(21)13-7-3-2-4-8-13/h2-10,16,21H,11-12H2,1H3/t16-/m1/s1. The fraction of sp³-hybridized carbons (Fsp3) is 0.222. The number of rotatable bonds is 5. The van der Waals surface area contributed by atoms with Crippen LogP contribution in [0.15, 0.2) is 59.4 Å². The molecule has 0 aliphatic carbocycles. The molecule has 0 aliphatic rings. The third-order valence-electron chi connectivity index (χ3n) is 3.77. The monoisotopic (exact) mass is 326 g/mol. The SMILES string of the molecule is Cn1c(CSC[C@@H](O)c2ccccc2)nc2ccccc2c1=O. The van der Waals surface area contributed by atoms with Gasteiger partial charge < -0.3 is 5.11 Å². The van der Waals surface area contributed by atoms with Crippen molar-refractivity contribution in [3.05, 3.63) is 76.3 Å². The van der Waals surface area contributed by atoms with E-state index in [2.05, 4.69) is 4.98 Å². The van der Waals surface area contributed by atoms with E-state index in [9.17, 15) is 9.90 Å². The molecule has 0 unspecified atom stereocenters. The van der Waals surface area contributed by atoms with Gasteiger partial charge in [0, 0.05) is 12.8 Å². The first-order valence-corrected chi connectivity index (χ1v) is 8.57. The van der Waals surface area contributed by atoms with Crippen molar-refractivity contribution in [1.29, 1.82) is 0 Å². The largest absolute Gasteiger partial charge is 0.388 e. The van der Waals surface area contributed by atoms with Gasteiger partial charge in [0.25, 0.3) is 5.56 Å². The van der Waals surface area contributed by atoms with Crippen molar-refractivity contribution in [3.63, 3.8) is 0 Å². The van der Waals surface area contributed by atoms with Crippen LogP contribution in [-0.4, -0.2) is 20.4 Å². The molecule has 0 radical (unpaired) electrons. The Kier molecular flexibility index (Phi) is 4.79. The van der Waals surface area contributed by atoms with Crippen molar-refractivity contribution >= 4 is 22.7 Å².